The van der Waals surface area contributed by atoms with Crippen LogP contribution in [0.15, 0.2) is 25.5 Å². The number of allylic oxidation sites excluding steroid dienone is 1. The Labute approximate surface area is 63.4 Å². The van der Waals surface area contributed by atoms with Crippen LogP contribution in [0.3, 0.4) is 0 Å². The third-order valence-electron chi connectivity index (χ3n) is 1.29. The first kappa shape index (κ1) is 9.28. The molecule has 0 radical (unpaired) electrons. The molecule has 0 aromatic carbocycles. The van der Waals surface area contributed by atoms with E-state index in [1.165, 1.54) is 19.1 Å². The molecule has 1 heteroatoms. The van der Waals surface area contributed by atoms with Crippen LogP contribution in [0.4, 0.5) is 0 Å². The smallest absolute Gasteiger partial charge is 0.0873 e. The first-order chi connectivity index (χ1) is 4.91. The summed E-state index contributed by atoms with van der Waals surface area (Å²) in [4.78, 5) is 0. The summed E-state index contributed by atoms with van der Waals surface area (Å²) in [5.41, 5.74) is 0. The Hall–Kier alpha value is -0.720. The van der Waals surface area contributed by atoms with E-state index >= 15 is 0 Å². The van der Waals surface area contributed by atoms with Crippen molar-refractivity contribution in [1.29, 1.82) is 0 Å². The molecule has 0 amide bonds. The molecule has 0 aliphatic rings. The van der Waals surface area contributed by atoms with Crippen molar-refractivity contribution in [2.75, 3.05) is 6.61 Å². The first-order valence-corrected chi connectivity index (χ1v) is 3.75. The molecule has 0 aromatic rings. The van der Waals surface area contributed by atoms with Crippen LogP contribution in [0, 0.1) is 0 Å². The van der Waals surface area contributed by atoms with Crippen LogP contribution in [0.1, 0.15) is 25.7 Å². The van der Waals surface area contributed by atoms with E-state index in [1.54, 1.807) is 0 Å². The number of hydrogen-bond acceptors (Lipinski definition) is 1. The lowest BCUT2D eigenvalue weighted by Gasteiger charge is -1.98. The predicted octanol–water partition coefficient (Wildman–Crippen LogP) is 2.89. The number of ether oxygens (including phenoxy) is 1. The normalized spacial score (nSPS) is 8.80. The second-order valence-corrected chi connectivity index (χ2v) is 2.18. The number of hydrogen-bond donors (Lipinski definition) is 0. The predicted molar refractivity (Wildman–Crippen MR) is 44.8 cm³/mol. The van der Waals surface area contributed by atoms with Crippen molar-refractivity contribution >= 4 is 0 Å². The Bertz CT molecular complexity index is 74.7. The van der Waals surface area contributed by atoms with Crippen molar-refractivity contribution in [1.82, 2.24) is 0 Å². The fourth-order valence-electron chi connectivity index (χ4n) is 0.734. The van der Waals surface area contributed by atoms with Gasteiger partial charge in [0.15, 0.2) is 0 Å². The van der Waals surface area contributed by atoms with Gasteiger partial charge in [-0.1, -0.05) is 12.7 Å². The molecule has 10 heavy (non-hydrogen) atoms. The monoisotopic (exact) mass is 140 g/mol. The molecule has 1 nitrogen and oxygen atoms in total. The van der Waals surface area contributed by atoms with Gasteiger partial charge in [-0.2, -0.15) is 0 Å². The molecule has 0 unspecified atom stereocenters. The zero-order valence-electron chi connectivity index (χ0n) is 6.51. The lowest BCUT2D eigenvalue weighted by atomic mass is 10.2. The molecule has 0 spiro atoms. The Kier molecular flexibility index (Phi) is 7.68. The second-order valence-electron chi connectivity index (χ2n) is 2.18. The highest BCUT2D eigenvalue weighted by molar-refractivity contribution is 4.65. The van der Waals surface area contributed by atoms with Gasteiger partial charge < -0.3 is 4.74 Å². The summed E-state index contributed by atoms with van der Waals surface area (Å²) >= 11 is 0. The van der Waals surface area contributed by atoms with Gasteiger partial charge in [-0.25, -0.2) is 0 Å². The summed E-state index contributed by atoms with van der Waals surface area (Å²) < 4.78 is 4.95. The molecule has 0 rings (SSSR count). The van der Waals surface area contributed by atoms with Gasteiger partial charge in [0.05, 0.1) is 12.9 Å². The molecule has 0 fully saturated rings. The van der Waals surface area contributed by atoms with Crippen molar-refractivity contribution in [3.63, 3.8) is 0 Å². The van der Waals surface area contributed by atoms with Gasteiger partial charge in [0.2, 0.25) is 0 Å². The zero-order chi connectivity index (χ0) is 7.66. The molecule has 0 aliphatic carbocycles. The summed E-state index contributed by atoms with van der Waals surface area (Å²) in [5.74, 6) is 0. The van der Waals surface area contributed by atoms with Crippen LogP contribution in [0.5, 0.6) is 0 Å². The molecule has 58 valence electrons. The third kappa shape index (κ3) is 7.28. The molecular formula is C9H16O. The highest BCUT2D eigenvalue weighted by Crippen LogP contribution is 1.99. The average Bonchev–Trinajstić information content (AvgIpc) is 1.97. The summed E-state index contributed by atoms with van der Waals surface area (Å²) in [6.07, 6.45) is 8.14. The molecule has 0 atom stereocenters. The van der Waals surface area contributed by atoms with Crippen LogP contribution < -0.4 is 0 Å². The van der Waals surface area contributed by atoms with Gasteiger partial charge in [0.25, 0.3) is 0 Å². The highest BCUT2D eigenvalue weighted by Gasteiger charge is 1.85. The lowest BCUT2D eigenvalue weighted by Crippen LogP contribution is -1.86. The minimum Gasteiger partial charge on any atom is -0.502 e. The third-order valence-corrected chi connectivity index (χ3v) is 1.29. The molecule has 0 bridgehead atoms. The van der Waals surface area contributed by atoms with Crippen LogP contribution in [-0.2, 0) is 4.74 Å². The van der Waals surface area contributed by atoms with Gasteiger partial charge in [-0.3, -0.25) is 0 Å². The SMILES string of the molecule is C=CCCCCCOC=C. The van der Waals surface area contributed by atoms with E-state index < -0.39 is 0 Å². The highest BCUT2D eigenvalue weighted by atomic mass is 16.5. The van der Waals surface area contributed by atoms with Crippen molar-refractivity contribution < 1.29 is 4.74 Å². The number of rotatable bonds is 7. The van der Waals surface area contributed by atoms with E-state index in [0.29, 0.717) is 0 Å². The van der Waals surface area contributed by atoms with Crippen LogP contribution in [0.25, 0.3) is 0 Å². The van der Waals surface area contributed by atoms with E-state index in [4.69, 9.17) is 4.74 Å². The molecule has 0 saturated carbocycles. The Morgan fingerprint density at radius 3 is 2.50 bits per heavy atom. The first-order valence-electron chi connectivity index (χ1n) is 3.75. The lowest BCUT2D eigenvalue weighted by molar-refractivity contribution is 0.242. The summed E-state index contributed by atoms with van der Waals surface area (Å²) in [6, 6.07) is 0. The maximum atomic E-state index is 4.95. The van der Waals surface area contributed by atoms with E-state index in [2.05, 4.69) is 13.2 Å². The summed E-state index contributed by atoms with van der Waals surface area (Å²) in [5, 5.41) is 0. The van der Waals surface area contributed by atoms with Crippen molar-refractivity contribution in [2.45, 2.75) is 25.7 Å². The van der Waals surface area contributed by atoms with E-state index in [1.807, 2.05) is 6.08 Å². The summed E-state index contributed by atoms with van der Waals surface area (Å²) in [6.45, 7) is 7.91. The second kappa shape index (κ2) is 8.28. The Balaban J connectivity index is 2.76. The summed E-state index contributed by atoms with van der Waals surface area (Å²) in [7, 11) is 0. The van der Waals surface area contributed by atoms with Gasteiger partial charge in [-0.15, -0.1) is 6.58 Å². The fraction of sp³-hybridized carbons (Fsp3) is 0.556. The van der Waals surface area contributed by atoms with Crippen molar-refractivity contribution in [3.8, 4) is 0 Å². The maximum absolute atomic E-state index is 4.95. The van der Waals surface area contributed by atoms with Crippen molar-refractivity contribution in [3.05, 3.63) is 25.5 Å². The van der Waals surface area contributed by atoms with Gasteiger partial charge in [0.1, 0.15) is 0 Å². The zero-order valence-corrected chi connectivity index (χ0v) is 6.51. The largest absolute Gasteiger partial charge is 0.502 e. The maximum Gasteiger partial charge on any atom is 0.0873 e. The van der Waals surface area contributed by atoms with Crippen LogP contribution in [0.2, 0.25) is 0 Å². The molecule has 0 saturated heterocycles. The van der Waals surface area contributed by atoms with Crippen molar-refractivity contribution in [2.24, 2.45) is 0 Å². The molecule has 0 aliphatic heterocycles. The fourth-order valence-corrected chi connectivity index (χ4v) is 0.734. The van der Waals surface area contributed by atoms with Gasteiger partial charge in [0, 0.05) is 0 Å². The van der Waals surface area contributed by atoms with E-state index in [9.17, 15) is 0 Å². The standard InChI is InChI=1S/C9H16O/c1-3-5-6-7-8-9-10-4-2/h3-4H,1-2,5-9H2. The van der Waals surface area contributed by atoms with Gasteiger partial charge >= 0.3 is 0 Å². The van der Waals surface area contributed by atoms with E-state index in [-0.39, 0.29) is 0 Å². The van der Waals surface area contributed by atoms with Crippen LogP contribution >= 0.6 is 0 Å². The van der Waals surface area contributed by atoms with E-state index in [0.717, 1.165) is 19.4 Å². The quantitative estimate of drug-likeness (QED) is 0.300. The molecule has 0 N–H and O–H groups in total. The van der Waals surface area contributed by atoms with Crippen LogP contribution in [-0.4, -0.2) is 6.61 Å². The Morgan fingerprint density at radius 2 is 1.90 bits per heavy atom. The topological polar surface area (TPSA) is 9.23 Å². The minimum atomic E-state index is 0.806. The Morgan fingerprint density at radius 1 is 1.10 bits per heavy atom. The molecule has 0 heterocycles. The van der Waals surface area contributed by atoms with Gasteiger partial charge in [-0.05, 0) is 25.7 Å². The molecule has 0 aromatic heterocycles. The minimum absolute atomic E-state index is 0.806. The average molecular weight is 140 g/mol. The molecular weight excluding hydrogens is 124 g/mol. The number of unbranched alkanes of at least 4 members (excludes halogenated alkanes) is 3.